The Bertz CT molecular complexity index is 108. The van der Waals surface area contributed by atoms with Crippen molar-refractivity contribution < 1.29 is 0 Å². The lowest BCUT2D eigenvalue weighted by molar-refractivity contribution is 0.724. The summed E-state index contributed by atoms with van der Waals surface area (Å²) < 4.78 is 0. The quantitative estimate of drug-likeness (QED) is 0.709. The molecule has 1 saturated carbocycles. The summed E-state index contributed by atoms with van der Waals surface area (Å²) in [7, 11) is 0. The summed E-state index contributed by atoms with van der Waals surface area (Å²) >= 11 is 2.09. The van der Waals surface area contributed by atoms with Gasteiger partial charge in [0.05, 0.1) is 0 Å². The third kappa shape index (κ3) is 3.04. The van der Waals surface area contributed by atoms with E-state index in [1.54, 1.807) is 0 Å². The summed E-state index contributed by atoms with van der Waals surface area (Å²) in [5.41, 5.74) is 5.79. The Morgan fingerprint density at radius 3 is 2.27 bits per heavy atom. The van der Waals surface area contributed by atoms with Crippen molar-refractivity contribution in [3.05, 3.63) is 0 Å². The van der Waals surface area contributed by atoms with E-state index < -0.39 is 0 Å². The molecule has 0 radical (unpaired) electrons. The van der Waals surface area contributed by atoms with Crippen LogP contribution in [0, 0.1) is 0 Å². The van der Waals surface area contributed by atoms with Crippen LogP contribution in [0.25, 0.3) is 0 Å². The van der Waals surface area contributed by atoms with Crippen LogP contribution in [0.15, 0.2) is 0 Å². The Morgan fingerprint density at radius 1 is 1.27 bits per heavy atom. The van der Waals surface area contributed by atoms with Crippen molar-refractivity contribution in [2.24, 2.45) is 5.73 Å². The predicted octanol–water partition coefficient (Wildman–Crippen LogP) is 2.40. The van der Waals surface area contributed by atoms with Gasteiger partial charge in [0, 0.05) is 16.5 Å². The van der Waals surface area contributed by atoms with E-state index in [9.17, 15) is 0 Å². The molecule has 66 valence electrons. The molecule has 1 aliphatic rings. The van der Waals surface area contributed by atoms with Crippen molar-refractivity contribution in [3.63, 3.8) is 0 Å². The van der Waals surface area contributed by atoms with Gasteiger partial charge in [-0.15, -0.1) is 0 Å². The SMILES string of the molecule is CC(N)C(C)SC1CCCC1. The minimum atomic E-state index is 0.348. The standard InChI is InChI=1S/C9H19NS/c1-7(10)8(2)11-9-5-3-4-6-9/h7-9H,3-6,10H2,1-2H3. The van der Waals surface area contributed by atoms with Crippen LogP contribution in [0.1, 0.15) is 39.5 Å². The summed E-state index contributed by atoms with van der Waals surface area (Å²) in [5, 5.41) is 1.55. The zero-order valence-corrected chi connectivity index (χ0v) is 8.36. The highest BCUT2D eigenvalue weighted by molar-refractivity contribution is 8.00. The van der Waals surface area contributed by atoms with Gasteiger partial charge in [-0.2, -0.15) is 11.8 Å². The molecular formula is C9H19NS. The Hall–Kier alpha value is 0.310. The van der Waals surface area contributed by atoms with Crippen molar-refractivity contribution in [3.8, 4) is 0 Å². The lowest BCUT2D eigenvalue weighted by atomic mass is 10.3. The van der Waals surface area contributed by atoms with Gasteiger partial charge in [0.2, 0.25) is 0 Å². The molecule has 1 rings (SSSR count). The van der Waals surface area contributed by atoms with E-state index in [1.807, 2.05) is 0 Å². The molecule has 0 saturated heterocycles. The molecule has 0 aromatic rings. The van der Waals surface area contributed by atoms with E-state index in [4.69, 9.17) is 5.73 Å². The van der Waals surface area contributed by atoms with Gasteiger partial charge >= 0.3 is 0 Å². The monoisotopic (exact) mass is 173 g/mol. The molecule has 0 heterocycles. The van der Waals surface area contributed by atoms with E-state index in [0.717, 1.165) is 5.25 Å². The number of hydrogen-bond donors (Lipinski definition) is 1. The van der Waals surface area contributed by atoms with Gasteiger partial charge in [-0.1, -0.05) is 19.8 Å². The Morgan fingerprint density at radius 2 is 1.82 bits per heavy atom. The van der Waals surface area contributed by atoms with Gasteiger partial charge < -0.3 is 5.73 Å². The molecule has 1 fully saturated rings. The molecule has 0 spiro atoms. The van der Waals surface area contributed by atoms with Gasteiger partial charge in [-0.3, -0.25) is 0 Å². The van der Waals surface area contributed by atoms with Crippen molar-refractivity contribution in [1.82, 2.24) is 0 Å². The fraction of sp³-hybridized carbons (Fsp3) is 1.00. The lowest BCUT2D eigenvalue weighted by Crippen LogP contribution is -2.27. The van der Waals surface area contributed by atoms with Gasteiger partial charge in [0.15, 0.2) is 0 Å². The molecule has 1 aliphatic carbocycles. The second kappa shape index (κ2) is 4.36. The van der Waals surface area contributed by atoms with E-state index in [0.29, 0.717) is 11.3 Å². The van der Waals surface area contributed by atoms with E-state index in [2.05, 4.69) is 25.6 Å². The van der Waals surface area contributed by atoms with Crippen LogP contribution in [0.4, 0.5) is 0 Å². The Labute approximate surface area is 74.1 Å². The number of nitrogens with two attached hydrogens (primary N) is 1. The number of hydrogen-bond acceptors (Lipinski definition) is 2. The van der Waals surface area contributed by atoms with E-state index >= 15 is 0 Å². The largest absolute Gasteiger partial charge is 0.327 e. The van der Waals surface area contributed by atoms with Crippen molar-refractivity contribution in [2.45, 2.75) is 56.1 Å². The van der Waals surface area contributed by atoms with Crippen LogP contribution >= 0.6 is 11.8 Å². The molecule has 2 N–H and O–H groups in total. The lowest BCUT2D eigenvalue weighted by Gasteiger charge is -2.18. The number of thioether (sulfide) groups is 1. The summed E-state index contributed by atoms with van der Waals surface area (Å²) in [6.07, 6.45) is 5.70. The van der Waals surface area contributed by atoms with Gasteiger partial charge in [-0.05, 0) is 19.8 Å². The predicted molar refractivity (Wildman–Crippen MR) is 53.0 cm³/mol. The Kier molecular flexibility index (Phi) is 3.73. The molecule has 1 nitrogen and oxygen atoms in total. The second-order valence-corrected chi connectivity index (χ2v) is 5.29. The molecule has 2 heteroatoms. The first-order valence-corrected chi connectivity index (χ1v) is 5.55. The second-order valence-electron chi connectivity index (χ2n) is 3.61. The third-order valence-corrected chi connectivity index (χ3v) is 4.16. The van der Waals surface area contributed by atoms with Gasteiger partial charge in [0.1, 0.15) is 0 Å². The molecule has 0 aromatic heterocycles. The van der Waals surface area contributed by atoms with Crippen LogP contribution in [0.5, 0.6) is 0 Å². The molecular weight excluding hydrogens is 154 g/mol. The molecule has 0 aromatic carbocycles. The molecule has 11 heavy (non-hydrogen) atoms. The van der Waals surface area contributed by atoms with Gasteiger partial charge in [-0.25, -0.2) is 0 Å². The first-order valence-electron chi connectivity index (χ1n) is 4.61. The highest BCUT2D eigenvalue weighted by Gasteiger charge is 2.19. The van der Waals surface area contributed by atoms with Crippen LogP contribution < -0.4 is 5.73 Å². The topological polar surface area (TPSA) is 26.0 Å². The maximum absolute atomic E-state index is 5.79. The fourth-order valence-electron chi connectivity index (χ4n) is 1.45. The smallest absolute Gasteiger partial charge is 0.0170 e. The average Bonchev–Trinajstić information content (AvgIpc) is 2.39. The summed E-state index contributed by atoms with van der Waals surface area (Å²) in [5.74, 6) is 0. The summed E-state index contributed by atoms with van der Waals surface area (Å²) in [4.78, 5) is 0. The fourth-order valence-corrected chi connectivity index (χ4v) is 2.91. The highest BCUT2D eigenvalue weighted by atomic mass is 32.2. The molecule has 0 amide bonds. The molecule has 0 aliphatic heterocycles. The van der Waals surface area contributed by atoms with Crippen molar-refractivity contribution >= 4 is 11.8 Å². The summed E-state index contributed by atoms with van der Waals surface area (Å²) in [6, 6.07) is 0.348. The van der Waals surface area contributed by atoms with E-state index in [-0.39, 0.29) is 0 Å². The number of rotatable bonds is 3. The molecule has 2 unspecified atom stereocenters. The average molecular weight is 173 g/mol. The first kappa shape index (κ1) is 9.40. The third-order valence-electron chi connectivity index (χ3n) is 2.45. The zero-order valence-electron chi connectivity index (χ0n) is 7.55. The van der Waals surface area contributed by atoms with Gasteiger partial charge in [0.25, 0.3) is 0 Å². The zero-order chi connectivity index (χ0) is 8.27. The first-order chi connectivity index (χ1) is 5.20. The maximum Gasteiger partial charge on any atom is 0.0170 e. The van der Waals surface area contributed by atoms with Crippen molar-refractivity contribution in [1.29, 1.82) is 0 Å². The normalized spacial score (nSPS) is 25.4. The minimum Gasteiger partial charge on any atom is -0.327 e. The van der Waals surface area contributed by atoms with Crippen LogP contribution in [-0.4, -0.2) is 16.5 Å². The van der Waals surface area contributed by atoms with Crippen LogP contribution in [0.3, 0.4) is 0 Å². The molecule has 0 bridgehead atoms. The van der Waals surface area contributed by atoms with E-state index in [1.165, 1.54) is 25.7 Å². The van der Waals surface area contributed by atoms with Crippen LogP contribution in [-0.2, 0) is 0 Å². The maximum atomic E-state index is 5.79. The molecule has 2 atom stereocenters. The highest BCUT2D eigenvalue weighted by Crippen LogP contribution is 2.32. The Balaban J connectivity index is 2.18. The summed E-state index contributed by atoms with van der Waals surface area (Å²) in [6.45, 7) is 4.35. The minimum absolute atomic E-state index is 0.348. The van der Waals surface area contributed by atoms with Crippen LogP contribution in [0.2, 0.25) is 0 Å². The van der Waals surface area contributed by atoms with Crippen molar-refractivity contribution in [2.75, 3.05) is 0 Å².